The number of fused-ring (bicyclic) bond motifs is 3. The van der Waals surface area contributed by atoms with Gasteiger partial charge in [0, 0.05) is 49.8 Å². The van der Waals surface area contributed by atoms with Gasteiger partial charge in [0.2, 0.25) is 5.95 Å². The number of rotatable bonds is 8. The lowest BCUT2D eigenvalue weighted by Gasteiger charge is -2.25. The quantitative estimate of drug-likeness (QED) is 0.302. The SMILES string of the molecule is CCN(CC)c1nc(N(CC)CC)c2c(ccc3c2ccn3Cc2ccccc2C(F)(F)F)n1. The Hall–Kier alpha value is -3.29. The van der Waals surface area contributed by atoms with Crippen LogP contribution in [0.2, 0.25) is 0 Å². The molecule has 0 unspecified atom stereocenters. The van der Waals surface area contributed by atoms with Crippen LogP contribution in [0.3, 0.4) is 0 Å². The standard InChI is InChI=1S/C26H30F3N5/c1-5-32(6-2)24-23-19-15-16-34(17-18-11-9-10-12-20(18)26(27,28)29)22(19)14-13-21(23)30-25(31-24)33(7-3)8-4/h9-16H,5-8,17H2,1-4H3. The van der Waals surface area contributed by atoms with Crippen molar-refractivity contribution in [2.24, 2.45) is 0 Å². The van der Waals surface area contributed by atoms with Crippen molar-refractivity contribution in [3.8, 4) is 0 Å². The molecule has 0 aliphatic heterocycles. The van der Waals surface area contributed by atoms with Crippen molar-refractivity contribution in [2.45, 2.75) is 40.4 Å². The highest BCUT2D eigenvalue weighted by Gasteiger charge is 2.33. The lowest BCUT2D eigenvalue weighted by atomic mass is 10.1. The van der Waals surface area contributed by atoms with Crippen molar-refractivity contribution in [1.29, 1.82) is 0 Å². The van der Waals surface area contributed by atoms with Crippen LogP contribution in [0, 0.1) is 0 Å². The largest absolute Gasteiger partial charge is 0.416 e. The second-order valence-corrected chi connectivity index (χ2v) is 8.18. The molecule has 0 amide bonds. The predicted molar refractivity (Wildman–Crippen MR) is 133 cm³/mol. The molecule has 2 aromatic carbocycles. The second kappa shape index (κ2) is 9.52. The Balaban J connectivity index is 1.90. The summed E-state index contributed by atoms with van der Waals surface area (Å²) < 4.78 is 42.5. The Labute approximate surface area is 197 Å². The number of hydrogen-bond acceptors (Lipinski definition) is 4. The molecule has 0 radical (unpaired) electrons. The summed E-state index contributed by atoms with van der Waals surface area (Å²) in [5, 5.41) is 1.87. The van der Waals surface area contributed by atoms with Gasteiger partial charge in [-0.25, -0.2) is 4.98 Å². The second-order valence-electron chi connectivity index (χ2n) is 8.18. The van der Waals surface area contributed by atoms with Crippen LogP contribution in [0.15, 0.2) is 48.7 Å². The number of alkyl halides is 3. The molecule has 0 fully saturated rings. The van der Waals surface area contributed by atoms with Gasteiger partial charge < -0.3 is 14.4 Å². The van der Waals surface area contributed by atoms with Gasteiger partial charge in [0.1, 0.15) is 5.82 Å². The third kappa shape index (κ3) is 4.29. The van der Waals surface area contributed by atoms with Gasteiger partial charge in [-0.15, -0.1) is 0 Å². The van der Waals surface area contributed by atoms with Gasteiger partial charge in [0.05, 0.1) is 16.5 Å². The van der Waals surface area contributed by atoms with Crippen LogP contribution >= 0.6 is 0 Å². The third-order valence-electron chi connectivity index (χ3n) is 6.35. The van der Waals surface area contributed by atoms with Crippen LogP contribution < -0.4 is 9.80 Å². The first-order chi connectivity index (χ1) is 16.3. The summed E-state index contributed by atoms with van der Waals surface area (Å²) >= 11 is 0. The molecule has 0 spiro atoms. The van der Waals surface area contributed by atoms with E-state index in [1.165, 1.54) is 12.1 Å². The van der Waals surface area contributed by atoms with E-state index in [1.54, 1.807) is 6.07 Å². The molecule has 0 atom stereocenters. The van der Waals surface area contributed by atoms with Crippen molar-refractivity contribution in [1.82, 2.24) is 14.5 Å². The fourth-order valence-corrected chi connectivity index (χ4v) is 4.53. The summed E-state index contributed by atoms with van der Waals surface area (Å²) in [6.45, 7) is 11.7. The van der Waals surface area contributed by atoms with E-state index >= 15 is 0 Å². The van der Waals surface area contributed by atoms with E-state index in [2.05, 4.69) is 37.5 Å². The Morgan fingerprint density at radius 3 is 2.15 bits per heavy atom. The minimum Gasteiger partial charge on any atom is -0.356 e. The Morgan fingerprint density at radius 2 is 1.50 bits per heavy atom. The average Bonchev–Trinajstić information content (AvgIpc) is 3.23. The van der Waals surface area contributed by atoms with Crippen LogP contribution in [-0.2, 0) is 12.7 Å². The summed E-state index contributed by atoms with van der Waals surface area (Å²) in [5.41, 5.74) is 1.33. The first kappa shape index (κ1) is 23.9. The van der Waals surface area contributed by atoms with Gasteiger partial charge in [-0.3, -0.25) is 0 Å². The van der Waals surface area contributed by atoms with E-state index < -0.39 is 11.7 Å². The fraction of sp³-hybridized carbons (Fsp3) is 0.385. The Bertz CT molecular complexity index is 1290. The minimum absolute atomic E-state index is 0.129. The van der Waals surface area contributed by atoms with Crippen LogP contribution in [0.5, 0.6) is 0 Å². The molecule has 0 aliphatic carbocycles. The first-order valence-electron chi connectivity index (χ1n) is 11.8. The maximum atomic E-state index is 13.5. The van der Waals surface area contributed by atoms with E-state index in [1.807, 2.05) is 29.0 Å². The zero-order valence-electron chi connectivity index (χ0n) is 20.0. The normalized spacial score (nSPS) is 12.0. The molecule has 4 aromatic rings. The Morgan fingerprint density at radius 1 is 0.824 bits per heavy atom. The maximum Gasteiger partial charge on any atom is 0.416 e. The summed E-state index contributed by atoms with van der Waals surface area (Å²) in [6, 6.07) is 11.6. The van der Waals surface area contributed by atoms with Crippen molar-refractivity contribution in [3.63, 3.8) is 0 Å². The first-order valence-corrected chi connectivity index (χ1v) is 11.8. The molecule has 5 nitrogen and oxygen atoms in total. The van der Waals surface area contributed by atoms with E-state index in [9.17, 15) is 13.2 Å². The van der Waals surface area contributed by atoms with Gasteiger partial charge >= 0.3 is 6.18 Å². The summed E-state index contributed by atoms with van der Waals surface area (Å²) in [4.78, 5) is 14.1. The van der Waals surface area contributed by atoms with Crippen molar-refractivity contribution in [2.75, 3.05) is 36.0 Å². The number of benzene rings is 2. The Kier molecular flexibility index (Phi) is 6.68. The van der Waals surface area contributed by atoms with E-state index in [0.717, 1.165) is 59.9 Å². The molecule has 0 N–H and O–H groups in total. The monoisotopic (exact) mass is 469 g/mol. The van der Waals surface area contributed by atoms with Gasteiger partial charge in [-0.1, -0.05) is 18.2 Å². The topological polar surface area (TPSA) is 37.2 Å². The average molecular weight is 470 g/mol. The lowest BCUT2D eigenvalue weighted by molar-refractivity contribution is -0.138. The molecule has 0 aliphatic rings. The van der Waals surface area contributed by atoms with Gasteiger partial charge in [-0.2, -0.15) is 18.2 Å². The summed E-state index contributed by atoms with van der Waals surface area (Å²) in [5.74, 6) is 1.55. The molecule has 180 valence electrons. The molecule has 2 heterocycles. The third-order valence-corrected chi connectivity index (χ3v) is 6.35. The number of hydrogen-bond donors (Lipinski definition) is 0. The van der Waals surface area contributed by atoms with E-state index in [-0.39, 0.29) is 12.1 Å². The molecule has 34 heavy (non-hydrogen) atoms. The zero-order valence-corrected chi connectivity index (χ0v) is 20.0. The molecule has 0 saturated heterocycles. The molecular formula is C26H30F3N5. The highest BCUT2D eigenvalue weighted by Crippen LogP contribution is 2.36. The molecule has 8 heteroatoms. The van der Waals surface area contributed by atoms with Gasteiger partial charge in [0.15, 0.2) is 0 Å². The minimum atomic E-state index is -4.39. The van der Waals surface area contributed by atoms with Crippen LogP contribution in [0.1, 0.15) is 38.8 Å². The molecular weight excluding hydrogens is 439 g/mol. The van der Waals surface area contributed by atoms with Crippen molar-refractivity contribution < 1.29 is 13.2 Å². The number of anilines is 2. The summed E-state index contributed by atoms with van der Waals surface area (Å²) in [6.07, 6.45) is -2.54. The van der Waals surface area contributed by atoms with Gasteiger partial charge in [-0.05, 0) is 57.5 Å². The lowest BCUT2D eigenvalue weighted by Crippen LogP contribution is -2.27. The summed E-state index contributed by atoms with van der Waals surface area (Å²) in [7, 11) is 0. The molecule has 0 saturated carbocycles. The number of aromatic nitrogens is 3. The zero-order chi connectivity index (χ0) is 24.5. The number of nitrogens with zero attached hydrogens (tertiary/aromatic N) is 5. The molecule has 2 aromatic heterocycles. The molecule has 0 bridgehead atoms. The highest BCUT2D eigenvalue weighted by atomic mass is 19.4. The molecule has 4 rings (SSSR count). The van der Waals surface area contributed by atoms with E-state index in [4.69, 9.17) is 9.97 Å². The fourth-order valence-electron chi connectivity index (χ4n) is 4.53. The van der Waals surface area contributed by atoms with Gasteiger partial charge in [0.25, 0.3) is 0 Å². The highest BCUT2D eigenvalue weighted by molar-refractivity contribution is 6.11. The predicted octanol–water partition coefficient (Wildman–Crippen LogP) is 6.34. The maximum absolute atomic E-state index is 13.5. The van der Waals surface area contributed by atoms with Crippen LogP contribution in [0.25, 0.3) is 21.8 Å². The number of halogens is 3. The van der Waals surface area contributed by atoms with Crippen LogP contribution in [0.4, 0.5) is 24.9 Å². The van der Waals surface area contributed by atoms with E-state index in [0.29, 0.717) is 5.95 Å². The van der Waals surface area contributed by atoms with Crippen molar-refractivity contribution in [3.05, 3.63) is 59.8 Å². The smallest absolute Gasteiger partial charge is 0.356 e. The van der Waals surface area contributed by atoms with Crippen LogP contribution in [-0.4, -0.2) is 40.7 Å². The van der Waals surface area contributed by atoms with Crippen molar-refractivity contribution >= 4 is 33.6 Å².